The molecular formula is C22H25NO4. The Morgan fingerprint density at radius 2 is 1.74 bits per heavy atom. The molecule has 0 aliphatic carbocycles. The van der Waals surface area contributed by atoms with Crippen molar-refractivity contribution in [1.29, 1.82) is 0 Å². The van der Waals surface area contributed by atoms with Gasteiger partial charge in [-0.3, -0.25) is 4.79 Å². The van der Waals surface area contributed by atoms with Gasteiger partial charge in [0, 0.05) is 11.8 Å². The molecule has 0 aromatic heterocycles. The highest BCUT2D eigenvalue weighted by Crippen LogP contribution is 2.22. The van der Waals surface area contributed by atoms with Crippen LogP contribution in [0.2, 0.25) is 0 Å². The van der Waals surface area contributed by atoms with Gasteiger partial charge in [-0.1, -0.05) is 29.8 Å². The van der Waals surface area contributed by atoms with Crippen LogP contribution < -0.4 is 10.1 Å². The molecule has 0 saturated carbocycles. The molecule has 0 heterocycles. The second kappa shape index (κ2) is 9.03. The minimum Gasteiger partial charge on any atom is -0.497 e. The molecule has 2 aromatic rings. The second-order valence-electron chi connectivity index (χ2n) is 6.45. The van der Waals surface area contributed by atoms with Gasteiger partial charge in [0.05, 0.1) is 7.11 Å². The lowest BCUT2D eigenvalue weighted by Crippen LogP contribution is -2.30. The topological polar surface area (TPSA) is 64.6 Å². The minimum absolute atomic E-state index is 0.367. The zero-order chi connectivity index (χ0) is 20.0. The first kappa shape index (κ1) is 20.2. The van der Waals surface area contributed by atoms with Gasteiger partial charge in [-0.15, -0.1) is 0 Å². The van der Waals surface area contributed by atoms with Crippen LogP contribution in [-0.4, -0.2) is 25.1 Å². The molecule has 0 bridgehead atoms. The molecule has 1 amide bonds. The summed E-state index contributed by atoms with van der Waals surface area (Å²) in [5, 5.41) is 2.84. The van der Waals surface area contributed by atoms with Crippen LogP contribution in [0.1, 0.15) is 29.2 Å². The maximum absolute atomic E-state index is 12.4. The number of carbonyl (C=O) groups is 2. The lowest BCUT2D eigenvalue weighted by molar-refractivity contribution is -0.148. The van der Waals surface area contributed by atoms with E-state index in [1.54, 1.807) is 26.2 Å². The van der Waals surface area contributed by atoms with Gasteiger partial charge in [0.1, 0.15) is 5.75 Å². The summed E-state index contributed by atoms with van der Waals surface area (Å²) in [5.74, 6) is -0.256. The van der Waals surface area contributed by atoms with Crippen LogP contribution in [0, 0.1) is 20.8 Å². The molecule has 0 unspecified atom stereocenters. The summed E-state index contributed by atoms with van der Waals surface area (Å²) in [5.41, 5.74) is 4.62. The molecule has 5 nitrogen and oxygen atoms in total. The first-order valence-electron chi connectivity index (χ1n) is 8.71. The lowest BCUT2D eigenvalue weighted by atomic mass is 10.0. The molecule has 0 aliphatic heterocycles. The summed E-state index contributed by atoms with van der Waals surface area (Å²) >= 11 is 0. The number of ether oxygens (including phenoxy) is 2. The van der Waals surface area contributed by atoms with Gasteiger partial charge in [-0.05, 0) is 62.6 Å². The molecule has 0 aliphatic rings. The van der Waals surface area contributed by atoms with Gasteiger partial charge >= 0.3 is 5.97 Å². The molecule has 142 valence electrons. The molecule has 1 atom stereocenters. The van der Waals surface area contributed by atoms with Crippen LogP contribution >= 0.6 is 0 Å². The van der Waals surface area contributed by atoms with E-state index in [2.05, 4.69) is 5.32 Å². The molecule has 27 heavy (non-hydrogen) atoms. The van der Waals surface area contributed by atoms with Crippen molar-refractivity contribution in [3.05, 3.63) is 64.7 Å². The van der Waals surface area contributed by atoms with Gasteiger partial charge in [0.25, 0.3) is 5.91 Å². The molecule has 2 rings (SSSR count). The zero-order valence-electron chi connectivity index (χ0n) is 16.3. The second-order valence-corrected chi connectivity index (χ2v) is 6.45. The van der Waals surface area contributed by atoms with E-state index in [4.69, 9.17) is 9.47 Å². The van der Waals surface area contributed by atoms with Crippen molar-refractivity contribution in [2.45, 2.75) is 33.8 Å². The van der Waals surface area contributed by atoms with Crippen molar-refractivity contribution in [3.8, 4) is 5.75 Å². The van der Waals surface area contributed by atoms with Crippen LogP contribution in [0.15, 0.2) is 42.5 Å². The summed E-state index contributed by atoms with van der Waals surface area (Å²) in [6, 6.07) is 11.3. The van der Waals surface area contributed by atoms with E-state index in [1.807, 2.05) is 51.1 Å². The van der Waals surface area contributed by atoms with E-state index < -0.39 is 12.1 Å². The largest absolute Gasteiger partial charge is 0.497 e. The van der Waals surface area contributed by atoms with E-state index in [-0.39, 0.29) is 5.91 Å². The third-order valence-corrected chi connectivity index (χ3v) is 4.09. The minimum atomic E-state index is -0.910. The zero-order valence-corrected chi connectivity index (χ0v) is 16.3. The van der Waals surface area contributed by atoms with Crippen molar-refractivity contribution < 1.29 is 19.1 Å². The Morgan fingerprint density at radius 3 is 2.37 bits per heavy atom. The number of aryl methyl sites for hydroxylation is 3. The Bertz CT molecular complexity index is 847. The monoisotopic (exact) mass is 367 g/mol. The van der Waals surface area contributed by atoms with E-state index in [0.717, 1.165) is 27.9 Å². The van der Waals surface area contributed by atoms with Crippen molar-refractivity contribution in [3.63, 3.8) is 0 Å². The molecular weight excluding hydrogens is 342 g/mol. The average molecular weight is 367 g/mol. The fourth-order valence-electron chi connectivity index (χ4n) is 2.78. The average Bonchev–Trinajstić information content (AvgIpc) is 2.62. The fraction of sp³-hybridized carbons (Fsp3) is 0.273. The van der Waals surface area contributed by atoms with Crippen LogP contribution in [0.3, 0.4) is 0 Å². The van der Waals surface area contributed by atoms with Crippen LogP contribution in [0.4, 0.5) is 5.69 Å². The van der Waals surface area contributed by atoms with E-state index in [0.29, 0.717) is 5.75 Å². The number of nitrogens with one attached hydrogen (secondary N) is 1. The number of methoxy groups -OCH3 is 1. The molecule has 1 N–H and O–H groups in total. The van der Waals surface area contributed by atoms with Gasteiger partial charge < -0.3 is 14.8 Å². The molecule has 5 heteroatoms. The van der Waals surface area contributed by atoms with Crippen LogP contribution in [0.5, 0.6) is 5.75 Å². The Labute approximate surface area is 160 Å². The Balaban J connectivity index is 1.97. The Hall–Kier alpha value is -3.08. The van der Waals surface area contributed by atoms with Gasteiger partial charge in [0.2, 0.25) is 0 Å². The summed E-state index contributed by atoms with van der Waals surface area (Å²) in [6.45, 7) is 7.42. The van der Waals surface area contributed by atoms with Crippen molar-refractivity contribution >= 4 is 23.6 Å². The number of benzene rings is 2. The quantitative estimate of drug-likeness (QED) is 0.614. The lowest BCUT2D eigenvalue weighted by Gasteiger charge is -2.16. The Morgan fingerprint density at radius 1 is 1.07 bits per heavy atom. The number of carbonyl (C=O) groups excluding carboxylic acids is 2. The van der Waals surface area contributed by atoms with E-state index >= 15 is 0 Å². The van der Waals surface area contributed by atoms with Crippen LogP contribution in [-0.2, 0) is 14.3 Å². The van der Waals surface area contributed by atoms with Crippen LogP contribution in [0.25, 0.3) is 6.08 Å². The molecule has 0 fully saturated rings. The normalized spacial score (nSPS) is 11.9. The fourth-order valence-corrected chi connectivity index (χ4v) is 2.78. The number of esters is 1. The standard InChI is InChI=1S/C22H25NO4/c1-14-11-15(2)21(16(3)12-14)23-22(25)17(4)27-20(24)10-9-18-7-6-8-19(13-18)26-5/h6-13,17H,1-5H3,(H,23,25)/b10-9+/t17-/m0/s1. The predicted molar refractivity (Wildman–Crippen MR) is 107 cm³/mol. The third kappa shape index (κ3) is 5.71. The first-order valence-corrected chi connectivity index (χ1v) is 8.71. The SMILES string of the molecule is COc1cccc(/C=C/C(=O)O[C@@H](C)C(=O)Nc2c(C)cc(C)cc2C)c1. The number of hydrogen-bond acceptors (Lipinski definition) is 4. The maximum Gasteiger partial charge on any atom is 0.331 e. The summed E-state index contributed by atoms with van der Waals surface area (Å²) in [4.78, 5) is 24.4. The number of rotatable bonds is 6. The van der Waals surface area contributed by atoms with Crippen molar-refractivity contribution in [1.82, 2.24) is 0 Å². The first-order chi connectivity index (χ1) is 12.8. The third-order valence-electron chi connectivity index (χ3n) is 4.09. The molecule has 0 radical (unpaired) electrons. The number of anilines is 1. The number of hydrogen-bond donors (Lipinski definition) is 1. The highest BCUT2D eigenvalue weighted by Gasteiger charge is 2.18. The smallest absolute Gasteiger partial charge is 0.331 e. The van der Waals surface area contributed by atoms with E-state index in [9.17, 15) is 9.59 Å². The van der Waals surface area contributed by atoms with Crippen molar-refractivity contribution in [2.75, 3.05) is 12.4 Å². The number of amides is 1. The summed E-state index contributed by atoms with van der Waals surface area (Å²) < 4.78 is 10.3. The van der Waals surface area contributed by atoms with E-state index in [1.165, 1.54) is 6.08 Å². The van der Waals surface area contributed by atoms with Gasteiger partial charge in [-0.25, -0.2) is 4.79 Å². The van der Waals surface area contributed by atoms with Crippen molar-refractivity contribution in [2.24, 2.45) is 0 Å². The highest BCUT2D eigenvalue weighted by atomic mass is 16.5. The maximum atomic E-state index is 12.4. The van der Waals surface area contributed by atoms with Gasteiger partial charge in [-0.2, -0.15) is 0 Å². The highest BCUT2D eigenvalue weighted by molar-refractivity contribution is 5.97. The Kier molecular flexibility index (Phi) is 6.77. The molecule has 0 spiro atoms. The predicted octanol–water partition coefficient (Wildman–Crippen LogP) is 4.20. The van der Waals surface area contributed by atoms with Gasteiger partial charge in [0.15, 0.2) is 6.10 Å². The summed E-state index contributed by atoms with van der Waals surface area (Å²) in [6.07, 6.45) is 2.00. The summed E-state index contributed by atoms with van der Waals surface area (Å²) in [7, 11) is 1.58. The molecule has 2 aromatic carbocycles. The molecule has 0 saturated heterocycles.